The lowest BCUT2D eigenvalue weighted by molar-refractivity contribution is -0.384. The average molecular weight is 347 g/mol. The zero-order valence-electron chi connectivity index (χ0n) is 13.3. The van der Waals surface area contributed by atoms with Crippen LogP contribution in [0.3, 0.4) is 0 Å². The normalized spacial score (nSPS) is 23.6. The molecule has 7 nitrogen and oxygen atoms in total. The quantitative estimate of drug-likeness (QED) is 0.666. The monoisotopic (exact) mass is 347 g/mol. The number of nitrogens with zero attached hydrogens (tertiary/aromatic N) is 3. The number of carboxylic acids is 1. The highest BCUT2D eigenvalue weighted by atomic mass is 32.2. The van der Waals surface area contributed by atoms with Crippen molar-refractivity contribution in [1.29, 1.82) is 0 Å². The minimum absolute atomic E-state index is 0.0445. The zero-order valence-corrected chi connectivity index (χ0v) is 14.1. The van der Waals surface area contributed by atoms with E-state index in [4.69, 9.17) is 0 Å². The van der Waals surface area contributed by atoms with Gasteiger partial charge in [0, 0.05) is 23.9 Å². The molecule has 2 aliphatic rings. The van der Waals surface area contributed by atoms with E-state index in [1.54, 1.807) is 30.8 Å². The maximum absolute atomic E-state index is 11.8. The van der Waals surface area contributed by atoms with Crippen LogP contribution in [-0.4, -0.2) is 37.9 Å². The molecule has 2 unspecified atom stereocenters. The second-order valence-corrected chi connectivity index (χ2v) is 7.27. The fraction of sp³-hybridized carbons (Fsp3) is 0.375. The van der Waals surface area contributed by atoms with Crippen LogP contribution in [0.2, 0.25) is 0 Å². The molecule has 1 aromatic rings. The van der Waals surface area contributed by atoms with Crippen LogP contribution >= 0.6 is 11.8 Å². The van der Waals surface area contributed by atoms with E-state index in [0.717, 1.165) is 11.6 Å². The van der Waals surface area contributed by atoms with Gasteiger partial charge < -0.3 is 10.0 Å². The number of fused-ring (bicyclic) bond motifs is 1. The first-order chi connectivity index (χ1) is 11.4. The number of allylic oxidation sites excluding steroid dienone is 1. The summed E-state index contributed by atoms with van der Waals surface area (Å²) in [7, 11) is 0. The van der Waals surface area contributed by atoms with Gasteiger partial charge in [-0.1, -0.05) is 30.8 Å². The Labute approximate surface area is 143 Å². The van der Waals surface area contributed by atoms with Crippen molar-refractivity contribution in [3.8, 4) is 0 Å². The highest BCUT2D eigenvalue weighted by molar-refractivity contribution is 8.14. The number of carbonyl (C=O) groups is 1. The van der Waals surface area contributed by atoms with Crippen molar-refractivity contribution in [3.05, 3.63) is 51.2 Å². The summed E-state index contributed by atoms with van der Waals surface area (Å²) in [6.45, 7) is 4.46. The van der Waals surface area contributed by atoms with Gasteiger partial charge in [0.15, 0.2) is 5.17 Å². The molecular weight excluding hydrogens is 330 g/mol. The Bertz CT molecular complexity index is 774. The van der Waals surface area contributed by atoms with Crippen LogP contribution in [0.4, 0.5) is 5.69 Å². The molecule has 1 N–H and O–H groups in total. The number of benzene rings is 1. The minimum Gasteiger partial charge on any atom is -0.478 e. The molecule has 2 heterocycles. The van der Waals surface area contributed by atoms with E-state index in [9.17, 15) is 20.0 Å². The largest absolute Gasteiger partial charge is 0.478 e. The number of rotatable bonds is 3. The predicted molar refractivity (Wildman–Crippen MR) is 92.0 cm³/mol. The average Bonchev–Trinajstić information content (AvgIpc) is 2.53. The molecule has 8 heteroatoms. The molecule has 2 atom stereocenters. The summed E-state index contributed by atoms with van der Waals surface area (Å²) in [5, 5.41) is 21.9. The van der Waals surface area contributed by atoms with Crippen molar-refractivity contribution in [2.24, 2.45) is 4.99 Å². The molecule has 0 bridgehead atoms. The summed E-state index contributed by atoms with van der Waals surface area (Å²) in [6, 6.07) is 5.63. The highest BCUT2D eigenvalue weighted by Gasteiger charge is 2.38. The third-order valence-electron chi connectivity index (χ3n) is 4.19. The van der Waals surface area contributed by atoms with Gasteiger partial charge in [-0.3, -0.25) is 10.1 Å². The van der Waals surface area contributed by atoms with Gasteiger partial charge in [-0.15, -0.1) is 0 Å². The van der Waals surface area contributed by atoms with E-state index in [1.807, 2.05) is 4.90 Å². The van der Waals surface area contributed by atoms with E-state index in [0.29, 0.717) is 23.1 Å². The molecule has 1 saturated heterocycles. The first-order valence-corrected chi connectivity index (χ1v) is 8.47. The van der Waals surface area contributed by atoms with Gasteiger partial charge in [-0.05, 0) is 18.9 Å². The second-order valence-electron chi connectivity index (χ2n) is 5.86. The molecule has 24 heavy (non-hydrogen) atoms. The van der Waals surface area contributed by atoms with Gasteiger partial charge in [0.1, 0.15) is 0 Å². The number of nitro benzene ring substituents is 1. The molecular formula is C16H17N3O4S. The molecule has 126 valence electrons. The molecule has 0 radical (unpaired) electrons. The van der Waals surface area contributed by atoms with Crippen LogP contribution in [0, 0.1) is 10.1 Å². The predicted octanol–water partition coefficient (Wildman–Crippen LogP) is 3.19. The first-order valence-electron chi connectivity index (χ1n) is 7.59. The molecule has 0 aliphatic carbocycles. The number of non-ortho nitro benzene ring substituents is 1. The lowest BCUT2D eigenvalue weighted by atomic mass is 9.94. The van der Waals surface area contributed by atoms with Gasteiger partial charge in [0.25, 0.3) is 5.69 Å². The van der Waals surface area contributed by atoms with Crippen LogP contribution in [0.1, 0.15) is 31.9 Å². The Morgan fingerprint density at radius 3 is 2.92 bits per heavy atom. The number of amidine groups is 1. The fourth-order valence-electron chi connectivity index (χ4n) is 3.04. The lowest BCUT2D eigenvalue weighted by Crippen LogP contribution is -2.43. The van der Waals surface area contributed by atoms with Gasteiger partial charge in [0.2, 0.25) is 0 Å². The number of thioether (sulfide) groups is 1. The van der Waals surface area contributed by atoms with Crippen LogP contribution in [0.15, 0.2) is 40.5 Å². The Hall–Kier alpha value is -2.35. The standard InChI is InChI=1S/C16H17N3O4S/c1-9-6-7-18-14(11-4-3-5-12(8-11)19(22)23)13(15(20)21)10(2)17-16(18)24-9/h3-5,8-9,14H,6-7H2,1-2H3,(H,20,21). The third kappa shape index (κ3) is 2.89. The molecule has 0 saturated carbocycles. The van der Waals surface area contributed by atoms with Crippen molar-refractivity contribution < 1.29 is 14.8 Å². The molecule has 0 aromatic heterocycles. The second kappa shape index (κ2) is 6.27. The summed E-state index contributed by atoms with van der Waals surface area (Å²) in [6.07, 6.45) is 0.904. The Morgan fingerprint density at radius 2 is 2.25 bits per heavy atom. The van der Waals surface area contributed by atoms with Crippen LogP contribution in [0.25, 0.3) is 0 Å². The van der Waals surface area contributed by atoms with Gasteiger partial charge in [-0.25, -0.2) is 9.79 Å². The topological polar surface area (TPSA) is 96.0 Å². The summed E-state index contributed by atoms with van der Waals surface area (Å²) >= 11 is 1.61. The summed E-state index contributed by atoms with van der Waals surface area (Å²) in [5.41, 5.74) is 1.18. The van der Waals surface area contributed by atoms with Crippen LogP contribution < -0.4 is 0 Å². The molecule has 2 aliphatic heterocycles. The molecule has 1 aromatic carbocycles. The van der Waals surface area contributed by atoms with E-state index in [2.05, 4.69) is 11.9 Å². The van der Waals surface area contributed by atoms with Crippen molar-refractivity contribution in [1.82, 2.24) is 4.90 Å². The van der Waals surface area contributed by atoms with Crippen LogP contribution in [-0.2, 0) is 4.79 Å². The molecule has 0 amide bonds. The van der Waals surface area contributed by atoms with Crippen molar-refractivity contribution in [3.63, 3.8) is 0 Å². The highest BCUT2D eigenvalue weighted by Crippen LogP contribution is 2.41. The maximum atomic E-state index is 11.8. The summed E-state index contributed by atoms with van der Waals surface area (Å²) in [4.78, 5) is 28.8. The Morgan fingerprint density at radius 1 is 1.50 bits per heavy atom. The van der Waals surface area contributed by atoms with E-state index in [-0.39, 0.29) is 11.3 Å². The van der Waals surface area contributed by atoms with Crippen molar-refractivity contribution in [2.45, 2.75) is 31.6 Å². The Kier molecular flexibility index (Phi) is 4.31. The number of carboxylic acid groups (broad SMARTS) is 1. The van der Waals surface area contributed by atoms with Crippen molar-refractivity contribution >= 4 is 28.6 Å². The summed E-state index contributed by atoms with van der Waals surface area (Å²) < 4.78 is 0. The Balaban J connectivity index is 2.12. The van der Waals surface area contributed by atoms with Crippen molar-refractivity contribution in [2.75, 3.05) is 6.54 Å². The van der Waals surface area contributed by atoms with E-state index < -0.39 is 16.9 Å². The van der Waals surface area contributed by atoms with E-state index >= 15 is 0 Å². The number of aliphatic imine (C=N–C) groups is 1. The van der Waals surface area contributed by atoms with E-state index in [1.165, 1.54) is 12.1 Å². The van der Waals surface area contributed by atoms with Gasteiger partial charge in [0.05, 0.1) is 22.2 Å². The smallest absolute Gasteiger partial charge is 0.335 e. The number of hydrogen-bond donors (Lipinski definition) is 1. The molecule has 3 rings (SSSR count). The number of aliphatic carboxylic acids is 1. The van der Waals surface area contributed by atoms with Crippen LogP contribution in [0.5, 0.6) is 0 Å². The minimum atomic E-state index is -1.05. The first kappa shape index (κ1) is 16.5. The molecule has 1 fully saturated rings. The SMILES string of the molecule is CC1=C(C(=O)O)C(c2cccc([N+](=O)[O-])c2)N2CCC(C)SC2=N1. The number of hydrogen-bond acceptors (Lipinski definition) is 6. The van der Waals surface area contributed by atoms with Gasteiger partial charge in [-0.2, -0.15) is 0 Å². The van der Waals surface area contributed by atoms with Gasteiger partial charge >= 0.3 is 5.97 Å². The third-order valence-corrected chi connectivity index (χ3v) is 5.37. The fourth-order valence-corrected chi connectivity index (χ4v) is 4.14. The summed E-state index contributed by atoms with van der Waals surface area (Å²) in [5.74, 6) is -1.05. The maximum Gasteiger partial charge on any atom is 0.335 e. The zero-order chi connectivity index (χ0) is 17.4. The number of nitro groups is 1. The molecule has 0 spiro atoms. The lowest BCUT2D eigenvalue weighted by Gasteiger charge is -2.41.